The lowest BCUT2D eigenvalue weighted by atomic mass is 9.97. The van der Waals surface area contributed by atoms with Crippen molar-refractivity contribution in [1.29, 1.82) is 0 Å². The third-order valence-corrected chi connectivity index (χ3v) is 4.22. The van der Waals surface area contributed by atoms with Gasteiger partial charge >= 0.3 is 0 Å². The van der Waals surface area contributed by atoms with Gasteiger partial charge < -0.3 is 10.1 Å². The summed E-state index contributed by atoms with van der Waals surface area (Å²) in [6.07, 6.45) is 6.78. The highest BCUT2D eigenvalue weighted by Gasteiger charge is 2.29. The van der Waals surface area contributed by atoms with E-state index in [9.17, 15) is 0 Å². The first-order chi connectivity index (χ1) is 7.81. The van der Waals surface area contributed by atoms with E-state index in [1.165, 1.54) is 38.8 Å². The maximum Gasteiger partial charge on any atom is 0.0587 e. The minimum atomic E-state index is 0.498. The van der Waals surface area contributed by atoms with E-state index in [4.69, 9.17) is 4.74 Å². The molecule has 1 N–H and O–H groups in total. The Bertz CT molecular complexity index is 204. The maximum absolute atomic E-state index is 5.75. The zero-order chi connectivity index (χ0) is 11.4. The predicted molar refractivity (Wildman–Crippen MR) is 66.7 cm³/mol. The standard InChI is InChI=1S/C13H26N2O/c1-3-13-9-11(6-8-16-13)15(2)12-5-4-7-14-10-12/h11-14H,3-10H2,1-2H3. The largest absolute Gasteiger partial charge is 0.378 e. The van der Waals surface area contributed by atoms with Gasteiger partial charge in [-0.15, -0.1) is 0 Å². The molecule has 0 aromatic heterocycles. The Balaban J connectivity index is 1.84. The molecule has 3 unspecified atom stereocenters. The van der Waals surface area contributed by atoms with Crippen LogP contribution >= 0.6 is 0 Å². The van der Waals surface area contributed by atoms with Crippen molar-refractivity contribution in [3.05, 3.63) is 0 Å². The first-order valence-corrected chi connectivity index (χ1v) is 6.85. The lowest BCUT2D eigenvalue weighted by molar-refractivity contribution is -0.0330. The number of nitrogens with one attached hydrogen (secondary N) is 1. The van der Waals surface area contributed by atoms with Gasteiger partial charge in [0, 0.05) is 25.2 Å². The molecule has 0 saturated carbocycles. The van der Waals surface area contributed by atoms with E-state index in [1.54, 1.807) is 0 Å². The lowest BCUT2D eigenvalue weighted by Gasteiger charge is -2.41. The van der Waals surface area contributed by atoms with Crippen LogP contribution in [0.2, 0.25) is 0 Å². The Hall–Kier alpha value is -0.120. The van der Waals surface area contributed by atoms with E-state index in [2.05, 4.69) is 24.2 Å². The zero-order valence-electron chi connectivity index (χ0n) is 10.7. The van der Waals surface area contributed by atoms with Crippen LogP contribution in [0.3, 0.4) is 0 Å². The highest BCUT2D eigenvalue weighted by atomic mass is 16.5. The van der Waals surface area contributed by atoms with Gasteiger partial charge in [0.15, 0.2) is 0 Å². The van der Waals surface area contributed by atoms with E-state index >= 15 is 0 Å². The molecule has 16 heavy (non-hydrogen) atoms. The number of piperidine rings is 1. The molecule has 2 fully saturated rings. The van der Waals surface area contributed by atoms with Crippen molar-refractivity contribution in [2.24, 2.45) is 0 Å². The Morgan fingerprint density at radius 1 is 1.31 bits per heavy atom. The Morgan fingerprint density at radius 2 is 2.19 bits per heavy atom. The van der Waals surface area contributed by atoms with Gasteiger partial charge in [0.05, 0.1) is 6.10 Å². The minimum absolute atomic E-state index is 0.498. The van der Waals surface area contributed by atoms with Crippen molar-refractivity contribution < 1.29 is 4.74 Å². The molecular weight excluding hydrogens is 200 g/mol. The summed E-state index contributed by atoms with van der Waals surface area (Å²) in [5.74, 6) is 0. The van der Waals surface area contributed by atoms with E-state index < -0.39 is 0 Å². The van der Waals surface area contributed by atoms with Crippen LogP contribution < -0.4 is 5.32 Å². The molecular formula is C13H26N2O. The highest BCUT2D eigenvalue weighted by Crippen LogP contribution is 2.23. The van der Waals surface area contributed by atoms with Crippen LogP contribution in [0.4, 0.5) is 0 Å². The molecule has 0 spiro atoms. The summed E-state index contributed by atoms with van der Waals surface area (Å²) in [5, 5.41) is 3.51. The number of nitrogens with zero attached hydrogens (tertiary/aromatic N) is 1. The highest BCUT2D eigenvalue weighted by molar-refractivity contribution is 4.84. The van der Waals surface area contributed by atoms with Gasteiger partial charge in [-0.1, -0.05) is 6.92 Å². The third-order valence-electron chi connectivity index (χ3n) is 4.22. The molecule has 2 aliphatic heterocycles. The van der Waals surface area contributed by atoms with Gasteiger partial charge in [0.2, 0.25) is 0 Å². The molecule has 0 aromatic rings. The van der Waals surface area contributed by atoms with E-state index in [0.717, 1.165) is 25.1 Å². The summed E-state index contributed by atoms with van der Waals surface area (Å²) in [7, 11) is 2.31. The minimum Gasteiger partial charge on any atom is -0.378 e. The van der Waals surface area contributed by atoms with Gasteiger partial charge in [-0.3, -0.25) is 4.90 Å². The Morgan fingerprint density at radius 3 is 2.88 bits per heavy atom. The smallest absolute Gasteiger partial charge is 0.0587 e. The molecule has 2 rings (SSSR count). The summed E-state index contributed by atoms with van der Waals surface area (Å²) in [4.78, 5) is 2.61. The van der Waals surface area contributed by atoms with Crippen LogP contribution in [0.15, 0.2) is 0 Å². The molecule has 3 heteroatoms. The summed E-state index contributed by atoms with van der Waals surface area (Å²) in [6, 6.07) is 1.48. The Labute approximate surface area is 99.5 Å². The summed E-state index contributed by atoms with van der Waals surface area (Å²) < 4.78 is 5.75. The van der Waals surface area contributed by atoms with Crippen LogP contribution in [0.1, 0.15) is 39.0 Å². The molecule has 0 aromatic carbocycles. The van der Waals surface area contributed by atoms with Crippen molar-refractivity contribution in [3.63, 3.8) is 0 Å². The van der Waals surface area contributed by atoms with Crippen molar-refractivity contribution in [2.45, 2.75) is 57.2 Å². The summed E-state index contributed by atoms with van der Waals surface area (Å²) in [6.45, 7) is 5.56. The number of likely N-dealkylation sites (N-methyl/N-ethyl adjacent to an activating group) is 1. The van der Waals surface area contributed by atoms with Gasteiger partial charge in [-0.25, -0.2) is 0 Å². The monoisotopic (exact) mass is 226 g/mol. The van der Waals surface area contributed by atoms with Gasteiger partial charge in [-0.05, 0) is 45.7 Å². The van der Waals surface area contributed by atoms with Gasteiger partial charge in [0.1, 0.15) is 0 Å². The van der Waals surface area contributed by atoms with Gasteiger partial charge in [-0.2, -0.15) is 0 Å². The molecule has 0 radical (unpaired) electrons. The second-order valence-corrected chi connectivity index (χ2v) is 5.24. The average molecular weight is 226 g/mol. The van der Waals surface area contributed by atoms with Crippen molar-refractivity contribution >= 4 is 0 Å². The number of ether oxygens (including phenoxy) is 1. The van der Waals surface area contributed by atoms with Crippen LogP contribution in [0.5, 0.6) is 0 Å². The van der Waals surface area contributed by atoms with Crippen LogP contribution in [0, 0.1) is 0 Å². The molecule has 2 heterocycles. The van der Waals surface area contributed by atoms with Gasteiger partial charge in [0.25, 0.3) is 0 Å². The zero-order valence-corrected chi connectivity index (χ0v) is 10.7. The first kappa shape index (κ1) is 12.3. The first-order valence-electron chi connectivity index (χ1n) is 6.85. The van der Waals surface area contributed by atoms with Crippen LogP contribution in [-0.2, 0) is 4.74 Å². The summed E-state index contributed by atoms with van der Waals surface area (Å²) >= 11 is 0. The number of rotatable bonds is 3. The van der Waals surface area contributed by atoms with Crippen molar-refractivity contribution in [3.8, 4) is 0 Å². The summed E-state index contributed by atoms with van der Waals surface area (Å²) in [5.41, 5.74) is 0. The van der Waals surface area contributed by atoms with Crippen molar-refractivity contribution in [2.75, 3.05) is 26.7 Å². The van der Waals surface area contributed by atoms with E-state index in [1.807, 2.05) is 0 Å². The fourth-order valence-corrected chi connectivity index (χ4v) is 2.99. The normalized spacial score (nSPS) is 36.6. The quantitative estimate of drug-likeness (QED) is 0.791. The second kappa shape index (κ2) is 5.99. The molecule has 3 atom stereocenters. The fraction of sp³-hybridized carbons (Fsp3) is 1.00. The molecule has 3 nitrogen and oxygen atoms in total. The SMILES string of the molecule is CCC1CC(N(C)C2CCCNC2)CCO1. The fourth-order valence-electron chi connectivity index (χ4n) is 2.99. The Kier molecular flexibility index (Phi) is 4.62. The molecule has 2 saturated heterocycles. The van der Waals surface area contributed by atoms with E-state index in [-0.39, 0.29) is 0 Å². The molecule has 2 aliphatic rings. The average Bonchev–Trinajstić information content (AvgIpc) is 2.39. The lowest BCUT2D eigenvalue weighted by Crippen LogP contribution is -2.50. The van der Waals surface area contributed by atoms with Crippen molar-refractivity contribution in [1.82, 2.24) is 10.2 Å². The maximum atomic E-state index is 5.75. The van der Waals surface area contributed by atoms with E-state index in [0.29, 0.717) is 6.10 Å². The molecule has 0 aliphatic carbocycles. The van der Waals surface area contributed by atoms with Crippen LogP contribution in [0.25, 0.3) is 0 Å². The van der Waals surface area contributed by atoms with Crippen LogP contribution in [-0.4, -0.2) is 49.8 Å². The number of hydrogen-bond donors (Lipinski definition) is 1. The third kappa shape index (κ3) is 2.96. The molecule has 0 bridgehead atoms. The number of hydrogen-bond acceptors (Lipinski definition) is 3. The topological polar surface area (TPSA) is 24.5 Å². The second-order valence-electron chi connectivity index (χ2n) is 5.24. The molecule has 0 amide bonds. The molecule has 94 valence electrons. The predicted octanol–water partition coefficient (Wildman–Crippen LogP) is 1.63.